The third-order valence-corrected chi connectivity index (χ3v) is 7.72. The van der Waals surface area contributed by atoms with E-state index in [1.165, 1.54) is 30.3 Å². The van der Waals surface area contributed by atoms with Crippen LogP contribution in [0.4, 0.5) is 24.7 Å². The van der Waals surface area contributed by atoms with Gasteiger partial charge in [0.05, 0.1) is 11.1 Å². The fourth-order valence-corrected chi connectivity index (χ4v) is 5.08. The number of carbonyl (C=O) groups excluding carboxylic acids is 1. The van der Waals surface area contributed by atoms with Crippen LogP contribution in [-0.2, 0) is 12.7 Å². The summed E-state index contributed by atoms with van der Waals surface area (Å²) in [5.74, 6) is 0.199. The Balaban J connectivity index is 1.40. The van der Waals surface area contributed by atoms with Crippen molar-refractivity contribution in [3.63, 3.8) is 0 Å². The Morgan fingerprint density at radius 3 is 2.50 bits per heavy atom. The number of aromatic nitrogens is 2. The van der Waals surface area contributed by atoms with E-state index in [0.717, 1.165) is 25.4 Å². The number of carbonyl (C=O) groups is 1. The second-order valence-corrected chi connectivity index (χ2v) is 11.0. The van der Waals surface area contributed by atoms with Crippen molar-refractivity contribution in [2.45, 2.75) is 19.6 Å². The monoisotopic (exact) mass is 633 g/mol. The summed E-state index contributed by atoms with van der Waals surface area (Å²) in [6.45, 7) is 4.84. The number of benzene rings is 3. The van der Waals surface area contributed by atoms with E-state index in [1.54, 1.807) is 38.2 Å². The van der Waals surface area contributed by atoms with Crippen LogP contribution in [0.5, 0.6) is 17.4 Å². The average molecular weight is 634 g/mol. The molecule has 1 aromatic heterocycles. The summed E-state index contributed by atoms with van der Waals surface area (Å²) in [4.78, 5) is 26.3. The van der Waals surface area contributed by atoms with Gasteiger partial charge in [0, 0.05) is 62.8 Å². The average Bonchev–Trinajstić information content (AvgIpc) is 3.03. The Labute approximate surface area is 264 Å². The number of nitrogens with one attached hydrogen (secondary N) is 3. The molecule has 13 heteroatoms. The molecule has 0 spiro atoms. The van der Waals surface area contributed by atoms with Crippen LogP contribution in [0.25, 0.3) is 11.4 Å². The van der Waals surface area contributed by atoms with Crippen molar-refractivity contribution in [3.05, 3.63) is 88.5 Å². The molecule has 4 aromatic rings. The van der Waals surface area contributed by atoms with Crippen molar-refractivity contribution >= 4 is 23.6 Å². The van der Waals surface area contributed by atoms with Crippen LogP contribution in [0.2, 0.25) is 0 Å². The quantitative estimate of drug-likeness (QED) is 0.165. The molecule has 0 radical (unpaired) electrons. The second-order valence-electron chi connectivity index (χ2n) is 11.0. The van der Waals surface area contributed by atoms with Crippen LogP contribution in [0.3, 0.4) is 0 Å². The van der Waals surface area contributed by atoms with E-state index in [4.69, 9.17) is 10.1 Å². The zero-order chi connectivity index (χ0) is 33.0. The van der Waals surface area contributed by atoms with Gasteiger partial charge in [0.25, 0.3) is 5.91 Å². The summed E-state index contributed by atoms with van der Waals surface area (Å²) in [7, 11) is 3.61. The number of hydrogen-bond acceptors (Lipinski definition) is 9. The molecule has 1 saturated heterocycles. The molecular weight excluding hydrogens is 599 g/mol. The van der Waals surface area contributed by atoms with Gasteiger partial charge in [-0.3, -0.25) is 9.69 Å². The lowest BCUT2D eigenvalue weighted by Crippen LogP contribution is -2.44. The van der Waals surface area contributed by atoms with Crippen LogP contribution in [0, 0.1) is 12.3 Å². The van der Waals surface area contributed by atoms with Gasteiger partial charge in [0.2, 0.25) is 5.88 Å². The molecule has 0 bridgehead atoms. The highest BCUT2D eigenvalue weighted by molar-refractivity contribution is 6.04. The van der Waals surface area contributed by atoms with Gasteiger partial charge in [-0.2, -0.15) is 18.2 Å². The van der Waals surface area contributed by atoms with Crippen LogP contribution in [0.15, 0.2) is 60.7 Å². The highest BCUT2D eigenvalue weighted by Gasteiger charge is 2.34. The molecule has 46 heavy (non-hydrogen) atoms. The molecular formula is C33H34F3N7O3. The Morgan fingerprint density at radius 2 is 1.83 bits per heavy atom. The van der Waals surface area contributed by atoms with E-state index in [1.807, 2.05) is 11.9 Å². The third kappa shape index (κ3) is 7.44. The SMILES string of the molecule is CNc1nc(-c2cccc(O)c2)nc(Oc2cc(C(=O)Nc3ccc(CN4CCN(C)CC4)c(C(F)(F)F)c3)ccc2C)c1C=N. The first kappa shape index (κ1) is 32.4. The second kappa shape index (κ2) is 13.5. The molecule has 240 valence electrons. The molecule has 10 nitrogen and oxygen atoms in total. The van der Waals surface area contributed by atoms with Gasteiger partial charge in [0.1, 0.15) is 17.3 Å². The molecule has 1 amide bonds. The number of rotatable bonds is 9. The van der Waals surface area contributed by atoms with E-state index in [2.05, 4.69) is 25.5 Å². The number of alkyl halides is 3. The molecule has 4 N–H and O–H groups in total. The first-order valence-electron chi connectivity index (χ1n) is 14.6. The molecule has 3 aromatic carbocycles. The number of phenolic OH excluding ortho intramolecular Hbond substituents is 1. The Morgan fingerprint density at radius 1 is 1.07 bits per heavy atom. The molecule has 1 aliphatic heterocycles. The van der Waals surface area contributed by atoms with E-state index in [9.17, 15) is 23.1 Å². The zero-order valence-electron chi connectivity index (χ0n) is 25.6. The minimum Gasteiger partial charge on any atom is -0.508 e. The van der Waals surface area contributed by atoms with Gasteiger partial charge in [-0.15, -0.1) is 0 Å². The number of phenols is 1. The number of aromatic hydroxyl groups is 1. The molecule has 2 heterocycles. The summed E-state index contributed by atoms with van der Waals surface area (Å²) in [6, 6.07) is 14.9. The predicted molar refractivity (Wildman–Crippen MR) is 170 cm³/mol. The van der Waals surface area contributed by atoms with Gasteiger partial charge in [-0.25, -0.2) is 4.98 Å². The van der Waals surface area contributed by atoms with E-state index < -0.39 is 17.6 Å². The Hall–Kier alpha value is -5.01. The number of piperazine rings is 1. The number of ether oxygens (including phenoxy) is 1. The summed E-state index contributed by atoms with van der Waals surface area (Å²) in [5.41, 5.74) is 0.917. The highest BCUT2D eigenvalue weighted by atomic mass is 19.4. The number of aryl methyl sites for hydroxylation is 1. The predicted octanol–water partition coefficient (Wildman–Crippen LogP) is 6.01. The van der Waals surface area contributed by atoms with Crippen molar-refractivity contribution in [3.8, 4) is 28.8 Å². The maximum absolute atomic E-state index is 14.1. The van der Waals surface area contributed by atoms with Gasteiger partial charge < -0.3 is 30.8 Å². The molecule has 0 saturated carbocycles. The first-order valence-corrected chi connectivity index (χ1v) is 14.6. The zero-order valence-corrected chi connectivity index (χ0v) is 25.6. The first-order chi connectivity index (χ1) is 21.9. The number of nitrogens with zero attached hydrogens (tertiary/aromatic N) is 4. The largest absolute Gasteiger partial charge is 0.508 e. The maximum atomic E-state index is 14.1. The van der Waals surface area contributed by atoms with Crippen molar-refractivity contribution in [1.82, 2.24) is 19.8 Å². The fraction of sp³-hybridized carbons (Fsp3) is 0.273. The topological polar surface area (TPSA) is 127 Å². The highest BCUT2D eigenvalue weighted by Crippen LogP contribution is 2.36. The van der Waals surface area contributed by atoms with Crippen molar-refractivity contribution in [2.75, 3.05) is 50.9 Å². The maximum Gasteiger partial charge on any atom is 0.416 e. The fourth-order valence-electron chi connectivity index (χ4n) is 5.08. The van der Waals surface area contributed by atoms with Gasteiger partial charge in [-0.05, 0) is 61.5 Å². The summed E-state index contributed by atoms with van der Waals surface area (Å²) >= 11 is 0. The van der Waals surface area contributed by atoms with E-state index in [-0.39, 0.29) is 52.1 Å². The van der Waals surface area contributed by atoms with E-state index in [0.29, 0.717) is 30.0 Å². The summed E-state index contributed by atoms with van der Waals surface area (Å²) in [5, 5.41) is 23.4. The lowest BCUT2D eigenvalue weighted by Gasteiger charge is -2.33. The lowest BCUT2D eigenvalue weighted by molar-refractivity contribution is -0.138. The number of amides is 1. The minimum absolute atomic E-state index is 0.0128. The lowest BCUT2D eigenvalue weighted by atomic mass is 10.0. The Bertz CT molecular complexity index is 1760. The van der Waals surface area contributed by atoms with Crippen molar-refractivity contribution in [1.29, 1.82) is 5.41 Å². The van der Waals surface area contributed by atoms with Gasteiger partial charge >= 0.3 is 6.18 Å². The number of halogens is 3. The van der Waals surface area contributed by atoms with Crippen LogP contribution in [0.1, 0.15) is 32.6 Å². The smallest absolute Gasteiger partial charge is 0.416 e. The Kier molecular flexibility index (Phi) is 9.54. The molecule has 0 atom stereocenters. The normalized spacial score (nSPS) is 14.1. The van der Waals surface area contributed by atoms with Crippen LogP contribution < -0.4 is 15.4 Å². The number of anilines is 2. The standard InChI is InChI=1S/C33H34F3N7O3/c1-20-7-8-22(16-28(20)46-32-26(18-37)30(38-2)40-29(41-32)21-5-4-6-25(44)15-21)31(45)39-24-10-9-23(27(17-24)33(34,35)36)19-43-13-11-42(3)12-14-43/h4-10,15-18,37,44H,11-14,19H2,1-3H3,(H,39,45)(H,38,40,41). The van der Waals surface area contributed by atoms with Crippen LogP contribution >= 0.6 is 0 Å². The molecule has 0 aliphatic carbocycles. The number of hydrogen-bond donors (Lipinski definition) is 4. The molecule has 1 aliphatic rings. The minimum atomic E-state index is -4.60. The van der Waals surface area contributed by atoms with Gasteiger partial charge in [0.15, 0.2) is 5.82 Å². The van der Waals surface area contributed by atoms with Crippen molar-refractivity contribution < 1.29 is 27.8 Å². The molecule has 1 fully saturated rings. The van der Waals surface area contributed by atoms with Crippen molar-refractivity contribution in [2.24, 2.45) is 0 Å². The molecule has 5 rings (SSSR count). The van der Waals surface area contributed by atoms with Crippen LogP contribution in [-0.4, -0.2) is 77.3 Å². The number of likely N-dealkylation sites (N-methyl/N-ethyl adjacent to an activating group) is 1. The van der Waals surface area contributed by atoms with Gasteiger partial charge in [-0.1, -0.05) is 24.3 Å². The molecule has 0 unspecified atom stereocenters. The summed E-state index contributed by atoms with van der Waals surface area (Å²) < 4.78 is 48.4. The summed E-state index contributed by atoms with van der Waals surface area (Å²) in [6.07, 6.45) is -3.56. The van der Waals surface area contributed by atoms with E-state index >= 15 is 0 Å². The third-order valence-electron chi connectivity index (χ3n) is 7.72.